The molecule has 16 heavy (non-hydrogen) atoms. The van der Waals surface area contributed by atoms with Gasteiger partial charge in [0.15, 0.2) is 0 Å². The number of likely N-dealkylation sites (tertiary alicyclic amines) is 1. The van der Waals surface area contributed by atoms with Crippen LogP contribution in [-0.2, 0) is 4.74 Å². The predicted molar refractivity (Wildman–Crippen MR) is 59.1 cm³/mol. The fourth-order valence-electron chi connectivity index (χ4n) is 1.93. The SMILES string of the molecule is CC(C)(C)OC(=O)N1C(CO)CCC1CO. The summed E-state index contributed by atoms with van der Waals surface area (Å²) in [5.74, 6) is 0. The number of ether oxygens (including phenoxy) is 1. The average Bonchev–Trinajstić information content (AvgIpc) is 2.57. The highest BCUT2D eigenvalue weighted by Gasteiger charge is 2.38. The van der Waals surface area contributed by atoms with E-state index >= 15 is 0 Å². The van der Waals surface area contributed by atoms with E-state index in [9.17, 15) is 4.79 Å². The minimum Gasteiger partial charge on any atom is -0.444 e. The summed E-state index contributed by atoms with van der Waals surface area (Å²) >= 11 is 0. The Bertz CT molecular complexity index is 237. The number of carbonyl (C=O) groups excluding carboxylic acids is 1. The normalized spacial score (nSPS) is 25.9. The molecule has 2 unspecified atom stereocenters. The molecule has 1 fully saturated rings. The number of aliphatic hydroxyl groups excluding tert-OH is 2. The van der Waals surface area contributed by atoms with E-state index < -0.39 is 11.7 Å². The number of hydrogen-bond donors (Lipinski definition) is 2. The van der Waals surface area contributed by atoms with Gasteiger partial charge in [0, 0.05) is 0 Å². The fourth-order valence-corrected chi connectivity index (χ4v) is 1.93. The van der Waals surface area contributed by atoms with Gasteiger partial charge in [-0.2, -0.15) is 0 Å². The Morgan fingerprint density at radius 1 is 1.25 bits per heavy atom. The summed E-state index contributed by atoms with van der Waals surface area (Å²) in [6.45, 7) is 5.21. The van der Waals surface area contributed by atoms with Crippen LogP contribution in [-0.4, -0.2) is 52.1 Å². The third-order valence-electron chi connectivity index (χ3n) is 2.65. The van der Waals surface area contributed by atoms with Crippen molar-refractivity contribution >= 4 is 6.09 Å². The summed E-state index contributed by atoms with van der Waals surface area (Å²) in [6, 6.07) is -0.459. The number of carbonyl (C=O) groups is 1. The van der Waals surface area contributed by atoms with Gasteiger partial charge >= 0.3 is 6.09 Å². The first-order valence-corrected chi connectivity index (χ1v) is 5.62. The molecule has 0 spiro atoms. The lowest BCUT2D eigenvalue weighted by molar-refractivity contribution is 0.00321. The molecule has 1 rings (SSSR count). The predicted octanol–water partition coefficient (Wildman–Crippen LogP) is 0.739. The van der Waals surface area contributed by atoms with E-state index in [1.165, 1.54) is 4.90 Å². The molecule has 1 amide bonds. The van der Waals surface area contributed by atoms with Crippen LogP contribution in [0.3, 0.4) is 0 Å². The summed E-state index contributed by atoms with van der Waals surface area (Å²) in [5.41, 5.74) is -0.556. The van der Waals surface area contributed by atoms with Crippen LogP contribution < -0.4 is 0 Å². The van der Waals surface area contributed by atoms with Crippen molar-refractivity contribution in [2.24, 2.45) is 0 Å². The number of nitrogens with zero attached hydrogens (tertiary/aromatic N) is 1. The molecule has 0 aliphatic carbocycles. The van der Waals surface area contributed by atoms with E-state index in [1.807, 2.05) is 0 Å². The molecule has 1 heterocycles. The zero-order valence-corrected chi connectivity index (χ0v) is 10.1. The van der Waals surface area contributed by atoms with E-state index in [0.29, 0.717) is 12.8 Å². The molecule has 1 aliphatic rings. The van der Waals surface area contributed by atoms with Crippen molar-refractivity contribution in [1.82, 2.24) is 4.90 Å². The van der Waals surface area contributed by atoms with Crippen molar-refractivity contribution in [1.29, 1.82) is 0 Å². The van der Waals surface area contributed by atoms with E-state index in [1.54, 1.807) is 20.8 Å². The summed E-state index contributed by atoms with van der Waals surface area (Å²) in [5, 5.41) is 18.3. The van der Waals surface area contributed by atoms with Crippen LogP contribution in [0.15, 0.2) is 0 Å². The highest BCUT2D eigenvalue weighted by Crippen LogP contribution is 2.25. The van der Waals surface area contributed by atoms with Crippen LogP contribution >= 0.6 is 0 Å². The topological polar surface area (TPSA) is 70.0 Å². The molecule has 0 saturated carbocycles. The van der Waals surface area contributed by atoms with E-state index in [0.717, 1.165) is 0 Å². The molecule has 2 N–H and O–H groups in total. The lowest BCUT2D eigenvalue weighted by Crippen LogP contribution is -2.46. The lowest BCUT2D eigenvalue weighted by Gasteiger charge is -2.31. The van der Waals surface area contributed by atoms with Gasteiger partial charge in [0.25, 0.3) is 0 Å². The van der Waals surface area contributed by atoms with Crippen LogP contribution in [0.25, 0.3) is 0 Å². The highest BCUT2D eigenvalue weighted by molar-refractivity contribution is 5.69. The van der Waals surface area contributed by atoms with Crippen molar-refractivity contribution in [2.75, 3.05) is 13.2 Å². The summed E-state index contributed by atoms with van der Waals surface area (Å²) in [4.78, 5) is 13.3. The second kappa shape index (κ2) is 5.01. The molecule has 0 aromatic heterocycles. The molecular formula is C11H21NO4. The maximum absolute atomic E-state index is 11.9. The summed E-state index contributed by atoms with van der Waals surface area (Å²) in [7, 11) is 0. The Balaban J connectivity index is 2.70. The minimum atomic E-state index is -0.556. The molecule has 1 aliphatic heterocycles. The van der Waals surface area contributed by atoms with Gasteiger partial charge < -0.3 is 14.9 Å². The molecule has 0 aromatic rings. The highest BCUT2D eigenvalue weighted by atomic mass is 16.6. The van der Waals surface area contributed by atoms with Gasteiger partial charge in [0.2, 0.25) is 0 Å². The van der Waals surface area contributed by atoms with Crippen LogP contribution in [0.5, 0.6) is 0 Å². The Kier molecular flexibility index (Phi) is 4.15. The van der Waals surface area contributed by atoms with Crippen molar-refractivity contribution in [3.8, 4) is 0 Å². The first kappa shape index (κ1) is 13.3. The molecule has 0 bridgehead atoms. The van der Waals surface area contributed by atoms with Gasteiger partial charge in [0.1, 0.15) is 5.60 Å². The van der Waals surface area contributed by atoms with Gasteiger partial charge in [-0.15, -0.1) is 0 Å². The van der Waals surface area contributed by atoms with Gasteiger partial charge in [-0.25, -0.2) is 4.79 Å². The third-order valence-corrected chi connectivity index (χ3v) is 2.65. The number of amides is 1. The second-order valence-corrected chi connectivity index (χ2v) is 5.14. The fraction of sp³-hybridized carbons (Fsp3) is 0.909. The zero-order valence-electron chi connectivity index (χ0n) is 10.1. The molecule has 5 heteroatoms. The van der Waals surface area contributed by atoms with Crippen molar-refractivity contribution in [2.45, 2.75) is 51.3 Å². The summed E-state index contributed by atoms with van der Waals surface area (Å²) < 4.78 is 5.25. The van der Waals surface area contributed by atoms with Crippen LogP contribution in [0.2, 0.25) is 0 Å². The standard InChI is InChI=1S/C11H21NO4/c1-11(2,3)16-10(15)12-8(6-13)4-5-9(12)7-14/h8-9,13-14H,4-7H2,1-3H3. The smallest absolute Gasteiger partial charge is 0.410 e. The molecule has 5 nitrogen and oxygen atoms in total. The quantitative estimate of drug-likeness (QED) is 0.735. The molecule has 0 aromatic carbocycles. The Labute approximate surface area is 96.0 Å². The molecule has 2 atom stereocenters. The second-order valence-electron chi connectivity index (χ2n) is 5.14. The number of rotatable bonds is 2. The molecule has 0 radical (unpaired) electrons. The van der Waals surface area contributed by atoms with E-state index in [4.69, 9.17) is 14.9 Å². The maximum Gasteiger partial charge on any atom is 0.410 e. The Morgan fingerprint density at radius 2 is 1.69 bits per heavy atom. The van der Waals surface area contributed by atoms with Gasteiger partial charge in [-0.3, -0.25) is 4.90 Å². The van der Waals surface area contributed by atoms with E-state index in [2.05, 4.69) is 0 Å². The minimum absolute atomic E-state index is 0.0876. The van der Waals surface area contributed by atoms with Gasteiger partial charge in [-0.05, 0) is 33.6 Å². The third kappa shape index (κ3) is 3.09. The first-order chi connectivity index (χ1) is 7.39. The zero-order chi connectivity index (χ0) is 12.3. The van der Waals surface area contributed by atoms with Crippen LogP contribution in [0, 0.1) is 0 Å². The van der Waals surface area contributed by atoms with Crippen molar-refractivity contribution in [3.63, 3.8) is 0 Å². The number of aliphatic hydroxyl groups is 2. The monoisotopic (exact) mass is 231 g/mol. The van der Waals surface area contributed by atoms with Crippen LogP contribution in [0.4, 0.5) is 4.79 Å². The van der Waals surface area contributed by atoms with Crippen molar-refractivity contribution < 1.29 is 19.7 Å². The van der Waals surface area contributed by atoms with Gasteiger partial charge in [0.05, 0.1) is 25.3 Å². The average molecular weight is 231 g/mol. The van der Waals surface area contributed by atoms with Crippen LogP contribution in [0.1, 0.15) is 33.6 Å². The lowest BCUT2D eigenvalue weighted by atomic mass is 10.2. The first-order valence-electron chi connectivity index (χ1n) is 5.62. The maximum atomic E-state index is 11.9. The molecular weight excluding hydrogens is 210 g/mol. The Morgan fingerprint density at radius 3 is 2.00 bits per heavy atom. The number of hydrogen-bond acceptors (Lipinski definition) is 4. The molecule has 94 valence electrons. The molecule has 1 saturated heterocycles. The Hall–Kier alpha value is -0.810. The summed E-state index contributed by atoms with van der Waals surface area (Å²) in [6.07, 6.45) is 0.963. The van der Waals surface area contributed by atoms with Crippen molar-refractivity contribution in [3.05, 3.63) is 0 Å². The van der Waals surface area contributed by atoms with Gasteiger partial charge in [-0.1, -0.05) is 0 Å². The largest absolute Gasteiger partial charge is 0.444 e. The van der Waals surface area contributed by atoms with E-state index in [-0.39, 0.29) is 25.3 Å².